The van der Waals surface area contributed by atoms with Gasteiger partial charge in [-0.05, 0) is 25.1 Å². The molecule has 5 heteroatoms. The molecule has 1 N–H and O–H groups in total. The van der Waals surface area contributed by atoms with Crippen LogP contribution in [0.25, 0.3) is 21.9 Å². The van der Waals surface area contributed by atoms with Gasteiger partial charge in [0, 0.05) is 10.3 Å². The number of hydrogen-bond acceptors (Lipinski definition) is 4. The van der Waals surface area contributed by atoms with E-state index in [0.29, 0.717) is 10.7 Å². The lowest BCUT2D eigenvalue weighted by Gasteiger charge is -1.95. The summed E-state index contributed by atoms with van der Waals surface area (Å²) in [6, 6.07) is 11.6. The lowest BCUT2D eigenvalue weighted by atomic mass is 10.2. The number of hydrogen-bond donors (Lipinski definition) is 1. The second-order valence-electron chi connectivity index (χ2n) is 4.86. The number of thiophene rings is 1. The Morgan fingerprint density at radius 1 is 1.19 bits per heavy atom. The molecule has 102 valence electrons. The predicted octanol–water partition coefficient (Wildman–Crippen LogP) is 3.71. The van der Waals surface area contributed by atoms with Crippen LogP contribution in [0.15, 0.2) is 42.6 Å². The molecule has 0 unspecified atom stereocenters. The van der Waals surface area contributed by atoms with Crippen LogP contribution in [0.4, 0.5) is 0 Å². The van der Waals surface area contributed by atoms with Crippen molar-refractivity contribution in [1.82, 2.24) is 15.0 Å². The highest BCUT2D eigenvalue weighted by atomic mass is 32.1. The summed E-state index contributed by atoms with van der Waals surface area (Å²) in [6.45, 7) is 1.98. The van der Waals surface area contributed by atoms with Gasteiger partial charge < -0.3 is 4.98 Å². The first kappa shape index (κ1) is 12.2. The Morgan fingerprint density at radius 2 is 2.05 bits per heavy atom. The molecule has 3 heterocycles. The number of ketones is 1. The Morgan fingerprint density at radius 3 is 2.86 bits per heavy atom. The largest absolute Gasteiger partial charge is 0.334 e. The number of imidazole rings is 1. The van der Waals surface area contributed by atoms with Gasteiger partial charge in [0.05, 0.1) is 22.1 Å². The molecule has 0 aliphatic heterocycles. The number of aromatic nitrogens is 3. The second-order valence-corrected chi connectivity index (χ2v) is 6.15. The molecule has 4 aromatic rings. The number of aryl methyl sites for hydroxylation is 1. The van der Waals surface area contributed by atoms with E-state index in [2.05, 4.69) is 15.0 Å². The average molecular weight is 293 g/mol. The van der Waals surface area contributed by atoms with Crippen molar-refractivity contribution in [1.29, 1.82) is 0 Å². The molecule has 1 aromatic carbocycles. The van der Waals surface area contributed by atoms with Crippen molar-refractivity contribution in [2.24, 2.45) is 0 Å². The number of benzene rings is 1. The monoisotopic (exact) mass is 293 g/mol. The Labute approximate surface area is 124 Å². The molecule has 3 aromatic heterocycles. The molecule has 0 atom stereocenters. The van der Waals surface area contributed by atoms with Gasteiger partial charge in [-0.3, -0.25) is 9.78 Å². The summed E-state index contributed by atoms with van der Waals surface area (Å²) in [5, 5.41) is 0.952. The summed E-state index contributed by atoms with van der Waals surface area (Å²) in [5.74, 6) is 0.290. The standard InChI is InChI=1S/C16H11N3OS/c1-9-6-7-13(21-9)15(20)16-18-12-8-17-11-5-3-2-4-10(11)14(12)19-16/h2-8H,1H3,(H,18,19). The number of carbonyl (C=O) groups excluding carboxylic acids is 1. The van der Waals surface area contributed by atoms with Gasteiger partial charge in [-0.25, -0.2) is 4.98 Å². The quantitative estimate of drug-likeness (QED) is 0.573. The van der Waals surface area contributed by atoms with Crippen molar-refractivity contribution in [3.05, 3.63) is 58.2 Å². The minimum atomic E-state index is -0.0756. The molecule has 4 nitrogen and oxygen atoms in total. The fourth-order valence-electron chi connectivity index (χ4n) is 2.39. The van der Waals surface area contributed by atoms with E-state index in [1.807, 2.05) is 43.3 Å². The Hall–Kier alpha value is -2.53. The number of rotatable bonds is 2. The first-order valence-electron chi connectivity index (χ1n) is 6.57. The van der Waals surface area contributed by atoms with Gasteiger partial charge in [0.2, 0.25) is 5.78 Å². The van der Waals surface area contributed by atoms with Gasteiger partial charge >= 0.3 is 0 Å². The van der Waals surface area contributed by atoms with E-state index in [4.69, 9.17) is 0 Å². The maximum Gasteiger partial charge on any atom is 0.238 e. The maximum atomic E-state index is 12.5. The first-order valence-corrected chi connectivity index (χ1v) is 7.38. The van der Waals surface area contributed by atoms with Gasteiger partial charge in [-0.1, -0.05) is 18.2 Å². The van der Waals surface area contributed by atoms with E-state index in [-0.39, 0.29) is 5.78 Å². The molecule has 0 fully saturated rings. The van der Waals surface area contributed by atoms with Crippen molar-refractivity contribution < 1.29 is 4.79 Å². The van der Waals surface area contributed by atoms with Crippen LogP contribution in [0.1, 0.15) is 20.4 Å². The zero-order chi connectivity index (χ0) is 14.4. The predicted molar refractivity (Wildman–Crippen MR) is 83.9 cm³/mol. The third-order valence-electron chi connectivity index (χ3n) is 3.40. The number of nitrogens with zero attached hydrogens (tertiary/aromatic N) is 2. The number of nitrogens with one attached hydrogen (secondary N) is 1. The molecular formula is C16H11N3OS. The molecule has 0 saturated heterocycles. The van der Waals surface area contributed by atoms with Crippen LogP contribution in [0.3, 0.4) is 0 Å². The van der Waals surface area contributed by atoms with Crippen LogP contribution < -0.4 is 0 Å². The Bertz CT molecular complexity index is 983. The van der Waals surface area contributed by atoms with E-state index in [1.54, 1.807) is 6.20 Å². The van der Waals surface area contributed by atoms with Gasteiger partial charge in [0.15, 0.2) is 5.82 Å². The molecular weight excluding hydrogens is 282 g/mol. The number of carbonyl (C=O) groups is 1. The van der Waals surface area contributed by atoms with Crippen molar-refractivity contribution in [2.45, 2.75) is 6.92 Å². The fourth-order valence-corrected chi connectivity index (χ4v) is 3.20. The van der Waals surface area contributed by atoms with Crippen LogP contribution in [-0.4, -0.2) is 20.7 Å². The molecule has 0 aliphatic carbocycles. The summed E-state index contributed by atoms with van der Waals surface area (Å²) in [7, 11) is 0. The first-order chi connectivity index (χ1) is 10.2. The molecule has 4 rings (SSSR count). The van der Waals surface area contributed by atoms with Crippen LogP contribution in [-0.2, 0) is 0 Å². The van der Waals surface area contributed by atoms with Crippen molar-refractivity contribution in [3.8, 4) is 0 Å². The lowest BCUT2D eigenvalue weighted by Crippen LogP contribution is -2.00. The topological polar surface area (TPSA) is 58.6 Å². The van der Waals surface area contributed by atoms with Gasteiger partial charge in [-0.2, -0.15) is 0 Å². The summed E-state index contributed by atoms with van der Waals surface area (Å²) in [5.41, 5.74) is 2.45. The SMILES string of the molecule is Cc1ccc(C(=O)c2nc3c(cnc4ccccc43)[nH]2)s1. The summed E-state index contributed by atoms with van der Waals surface area (Å²) < 4.78 is 0. The smallest absolute Gasteiger partial charge is 0.238 e. The second kappa shape index (κ2) is 4.49. The number of fused-ring (bicyclic) bond motifs is 3. The van der Waals surface area contributed by atoms with E-state index in [1.165, 1.54) is 11.3 Å². The number of para-hydroxylation sites is 1. The number of H-pyrrole nitrogens is 1. The summed E-state index contributed by atoms with van der Waals surface area (Å²) in [4.78, 5) is 26.2. The highest BCUT2D eigenvalue weighted by Crippen LogP contribution is 2.23. The minimum Gasteiger partial charge on any atom is -0.334 e. The lowest BCUT2D eigenvalue weighted by molar-refractivity contribution is 0.103. The Kier molecular flexibility index (Phi) is 2.62. The van der Waals surface area contributed by atoms with Crippen LogP contribution >= 0.6 is 11.3 Å². The number of aromatic amines is 1. The molecule has 0 bridgehead atoms. The van der Waals surface area contributed by atoms with Crippen LogP contribution in [0.5, 0.6) is 0 Å². The van der Waals surface area contributed by atoms with Gasteiger partial charge in [0.25, 0.3) is 0 Å². The van der Waals surface area contributed by atoms with Crippen molar-refractivity contribution in [2.75, 3.05) is 0 Å². The Balaban J connectivity index is 1.91. The highest BCUT2D eigenvalue weighted by Gasteiger charge is 2.16. The molecule has 0 spiro atoms. The van der Waals surface area contributed by atoms with E-state index in [0.717, 1.165) is 26.8 Å². The minimum absolute atomic E-state index is 0.0756. The molecule has 0 amide bonds. The zero-order valence-corrected chi connectivity index (χ0v) is 12.1. The molecule has 0 saturated carbocycles. The van der Waals surface area contributed by atoms with E-state index >= 15 is 0 Å². The fraction of sp³-hybridized carbons (Fsp3) is 0.0625. The third-order valence-corrected chi connectivity index (χ3v) is 4.40. The zero-order valence-electron chi connectivity index (χ0n) is 11.3. The van der Waals surface area contributed by atoms with Crippen LogP contribution in [0.2, 0.25) is 0 Å². The highest BCUT2D eigenvalue weighted by molar-refractivity contribution is 7.14. The van der Waals surface area contributed by atoms with Gasteiger partial charge in [0.1, 0.15) is 5.52 Å². The van der Waals surface area contributed by atoms with E-state index in [9.17, 15) is 4.79 Å². The van der Waals surface area contributed by atoms with Crippen LogP contribution in [0, 0.1) is 6.92 Å². The third kappa shape index (κ3) is 1.94. The number of pyridine rings is 1. The molecule has 0 radical (unpaired) electrons. The van der Waals surface area contributed by atoms with Crippen molar-refractivity contribution >= 4 is 39.1 Å². The van der Waals surface area contributed by atoms with E-state index < -0.39 is 0 Å². The maximum absolute atomic E-state index is 12.5. The molecule has 0 aliphatic rings. The van der Waals surface area contributed by atoms with Gasteiger partial charge in [-0.15, -0.1) is 11.3 Å². The average Bonchev–Trinajstić information content (AvgIpc) is 3.12. The summed E-state index contributed by atoms with van der Waals surface area (Å²) >= 11 is 1.48. The molecule has 21 heavy (non-hydrogen) atoms. The van der Waals surface area contributed by atoms with Crippen molar-refractivity contribution in [3.63, 3.8) is 0 Å². The normalized spacial score (nSPS) is 11.3. The summed E-state index contributed by atoms with van der Waals surface area (Å²) in [6.07, 6.45) is 1.72.